The minimum Gasteiger partial charge on any atom is -0.482 e. The minimum atomic E-state index is -1.20. The molecule has 11 heteroatoms. The molecule has 0 aliphatic heterocycles. The van der Waals surface area contributed by atoms with Gasteiger partial charge in [-0.05, 0) is 12.5 Å². The van der Waals surface area contributed by atoms with Crippen molar-refractivity contribution in [3.8, 4) is 5.75 Å². The van der Waals surface area contributed by atoms with Crippen LogP contribution in [0.15, 0.2) is 78.8 Å². The van der Waals surface area contributed by atoms with E-state index in [1.165, 1.54) is 12.2 Å². The van der Waals surface area contributed by atoms with Crippen molar-refractivity contribution in [2.75, 3.05) is 12.0 Å². The van der Waals surface area contributed by atoms with Crippen molar-refractivity contribution in [3.05, 3.63) is 124 Å². The van der Waals surface area contributed by atoms with Gasteiger partial charge in [0.15, 0.2) is 11.4 Å². The molecule has 3 N–H and O–H groups in total. The molecule has 3 rings (SSSR count). The van der Waals surface area contributed by atoms with Crippen LogP contribution in [0.5, 0.6) is 5.75 Å². The highest BCUT2D eigenvalue weighted by Gasteiger charge is 2.27. The van der Waals surface area contributed by atoms with E-state index < -0.39 is 64.2 Å². The maximum Gasteiger partial charge on any atom is 0.274 e. The monoisotopic (exact) mass is 540 g/mol. The van der Waals surface area contributed by atoms with E-state index >= 15 is 0 Å². The Morgan fingerprint density at radius 2 is 1.74 bits per heavy atom. The number of aromatic nitrogens is 1. The third kappa shape index (κ3) is 7.16. The summed E-state index contributed by atoms with van der Waals surface area (Å²) in [6.45, 7) is 8.26. The van der Waals surface area contributed by atoms with Gasteiger partial charge in [-0.3, -0.25) is 19.1 Å². The number of benzene rings is 2. The van der Waals surface area contributed by atoms with Crippen LogP contribution in [0.2, 0.25) is 0 Å². The number of amides is 2. The van der Waals surface area contributed by atoms with Crippen LogP contribution in [-0.2, 0) is 13.2 Å². The van der Waals surface area contributed by atoms with Gasteiger partial charge in [0.2, 0.25) is 5.43 Å². The second-order valence-electron chi connectivity index (χ2n) is 8.37. The highest BCUT2D eigenvalue weighted by atomic mass is 19.1. The SMILES string of the molecule is C=CCNn1cc(C(=O)NCc2c(F)cc(F)cc2F)c(=O)c(OCc2ccccc2)c1C(=O)N[C@@H](C)C=C. The third-order valence-corrected chi connectivity index (χ3v) is 5.50. The largest absolute Gasteiger partial charge is 0.482 e. The van der Waals surface area contributed by atoms with Gasteiger partial charge in [0.25, 0.3) is 11.8 Å². The Bertz CT molecular complexity index is 1420. The van der Waals surface area contributed by atoms with Gasteiger partial charge in [-0.25, -0.2) is 13.2 Å². The topological polar surface area (TPSA) is 101 Å². The Labute approximate surface area is 222 Å². The first-order valence-corrected chi connectivity index (χ1v) is 11.8. The molecule has 8 nitrogen and oxygen atoms in total. The van der Waals surface area contributed by atoms with Crippen molar-refractivity contribution in [1.29, 1.82) is 0 Å². The van der Waals surface area contributed by atoms with Crippen molar-refractivity contribution in [3.63, 3.8) is 0 Å². The van der Waals surface area contributed by atoms with Gasteiger partial charge < -0.3 is 20.8 Å². The summed E-state index contributed by atoms with van der Waals surface area (Å²) in [6, 6.07) is 9.30. The molecule has 0 radical (unpaired) electrons. The molecular weight excluding hydrogens is 513 g/mol. The zero-order chi connectivity index (χ0) is 28.5. The van der Waals surface area contributed by atoms with Crippen LogP contribution in [0.4, 0.5) is 13.2 Å². The molecule has 1 heterocycles. The Morgan fingerprint density at radius 1 is 1.08 bits per heavy atom. The molecular formula is C28H27F3N4O4. The number of nitrogens with one attached hydrogen (secondary N) is 3. The van der Waals surface area contributed by atoms with E-state index in [9.17, 15) is 27.6 Å². The maximum atomic E-state index is 14.1. The Hall–Kier alpha value is -4.80. The predicted molar refractivity (Wildman–Crippen MR) is 141 cm³/mol. The summed E-state index contributed by atoms with van der Waals surface area (Å²) in [5, 5.41) is 4.92. The normalized spacial score (nSPS) is 11.3. The van der Waals surface area contributed by atoms with Crippen LogP contribution in [0.3, 0.4) is 0 Å². The molecule has 39 heavy (non-hydrogen) atoms. The lowest BCUT2D eigenvalue weighted by Crippen LogP contribution is -2.39. The fourth-order valence-corrected chi connectivity index (χ4v) is 3.46. The molecule has 0 saturated carbocycles. The van der Waals surface area contributed by atoms with E-state index in [-0.39, 0.29) is 18.8 Å². The van der Waals surface area contributed by atoms with Crippen molar-refractivity contribution in [2.24, 2.45) is 0 Å². The summed E-state index contributed by atoms with van der Waals surface area (Å²) in [4.78, 5) is 39.7. The minimum absolute atomic E-state index is 0.105. The molecule has 2 aromatic carbocycles. The van der Waals surface area contributed by atoms with Gasteiger partial charge in [-0.2, -0.15) is 0 Å². The number of halogens is 3. The first-order valence-electron chi connectivity index (χ1n) is 11.8. The molecule has 1 atom stereocenters. The molecule has 204 valence electrons. The van der Waals surface area contributed by atoms with Gasteiger partial charge in [0.05, 0.1) is 0 Å². The summed E-state index contributed by atoms with van der Waals surface area (Å²) in [5.41, 5.74) is 1.30. The molecule has 0 spiro atoms. The molecule has 0 aliphatic carbocycles. The number of nitrogens with zero attached hydrogens (tertiary/aromatic N) is 1. The van der Waals surface area contributed by atoms with Crippen LogP contribution in [0.1, 0.15) is 38.9 Å². The smallest absolute Gasteiger partial charge is 0.274 e. The molecule has 0 saturated heterocycles. The van der Waals surface area contributed by atoms with Crippen molar-refractivity contribution < 1.29 is 27.5 Å². The fraction of sp³-hybridized carbons (Fsp3) is 0.179. The molecule has 3 aromatic rings. The average molecular weight is 541 g/mol. The van der Waals surface area contributed by atoms with E-state index in [4.69, 9.17) is 4.74 Å². The van der Waals surface area contributed by atoms with E-state index in [2.05, 4.69) is 29.2 Å². The summed E-state index contributed by atoms with van der Waals surface area (Å²) in [7, 11) is 0. The molecule has 0 aliphatic rings. The van der Waals surface area contributed by atoms with Crippen LogP contribution in [0, 0.1) is 17.5 Å². The molecule has 0 fully saturated rings. The number of pyridine rings is 1. The summed E-state index contributed by atoms with van der Waals surface area (Å²) >= 11 is 0. The summed E-state index contributed by atoms with van der Waals surface area (Å²) < 4.78 is 48.3. The Morgan fingerprint density at radius 3 is 2.36 bits per heavy atom. The summed E-state index contributed by atoms with van der Waals surface area (Å²) in [6.07, 6.45) is 4.04. The number of ether oxygens (including phenoxy) is 1. The van der Waals surface area contributed by atoms with Crippen LogP contribution < -0.4 is 26.2 Å². The second kappa shape index (κ2) is 13.1. The van der Waals surface area contributed by atoms with Gasteiger partial charge in [-0.15, -0.1) is 13.2 Å². The first-order chi connectivity index (χ1) is 18.7. The number of hydrogen-bond acceptors (Lipinski definition) is 5. The van der Waals surface area contributed by atoms with Crippen LogP contribution in [0.25, 0.3) is 0 Å². The molecule has 1 aromatic heterocycles. The van der Waals surface area contributed by atoms with Gasteiger partial charge in [0.1, 0.15) is 29.6 Å². The van der Waals surface area contributed by atoms with Crippen LogP contribution in [-0.4, -0.2) is 29.1 Å². The zero-order valence-electron chi connectivity index (χ0n) is 21.1. The van der Waals surface area contributed by atoms with Gasteiger partial charge in [0, 0.05) is 43.0 Å². The number of rotatable bonds is 12. The highest BCUT2D eigenvalue weighted by molar-refractivity contribution is 5.99. The van der Waals surface area contributed by atoms with Crippen LogP contribution >= 0.6 is 0 Å². The van der Waals surface area contributed by atoms with Gasteiger partial charge in [-0.1, -0.05) is 42.5 Å². The first kappa shape index (κ1) is 28.8. The third-order valence-electron chi connectivity index (χ3n) is 5.50. The highest BCUT2D eigenvalue weighted by Crippen LogP contribution is 2.18. The lowest BCUT2D eigenvalue weighted by molar-refractivity contribution is 0.0921. The summed E-state index contributed by atoms with van der Waals surface area (Å²) in [5.74, 6) is -5.65. The Kier molecular flexibility index (Phi) is 9.69. The molecule has 0 bridgehead atoms. The average Bonchev–Trinajstić information content (AvgIpc) is 2.90. The van der Waals surface area contributed by atoms with E-state index in [1.54, 1.807) is 37.3 Å². The van der Waals surface area contributed by atoms with E-state index in [0.29, 0.717) is 17.7 Å². The zero-order valence-corrected chi connectivity index (χ0v) is 21.1. The van der Waals surface area contributed by atoms with Crippen molar-refractivity contribution >= 4 is 11.8 Å². The fourth-order valence-electron chi connectivity index (χ4n) is 3.46. The van der Waals surface area contributed by atoms with E-state index in [0.717, 1.165) is 10.9 Å². The standard InChI is InChI=1S/C28H27F3N4O4/c1-4-11-33-35-15-21(27(37)32-14-20-22(30)12-19(29)13-23(20)31)25(36)26(24(35)28(38)34-17(3)5-2)39-16-18-9-7-6-8-10-18/h4-10,12-13,15,17,33H,1-2,11,14,16H2,3H3,(H,32,37)(H,34,38)/t17-/m0/s1. The lowest BCUT2D eigenvalue weighted by atomic mass is 10.1. The molecule has 2 amide bonds. The number of carbonyl (C=O) groups is 2. The van der Waals surface area contributed by atoms with Crippen molar-refractivity contribution in [1.82, 2.24) is 15.3 Å². The number of hydrogen-bond donors (Lipinski definition) is 3. The van der Waals surface area contributed by atoms with E-state index in [1.807, 2.05) is 0 Å². The second-order valence-corrected chi connectivity index (χ2v) is 8.37. The maximum absolute atomic E-state index is 14.1. The quantitative estimate of drug-likeness (QED) is 0.304. The Balaban J connectivity index is 2.06. The van der Waals surface area contributed by atoms with Crippen molar-refractivity contribution in [2.45, 2.75) is 26.1 Å². The van der Waals surface area contributed by atoms with Gasteiger partial charge >= 0.3 is 0 Å². The predicted octanol–water partition coefficient (Wildman–Crippen LogP) is 3.81. The molecule has 0 unspecified atom stereocenters. The number of carbonyl (C=O) groups excluding carboxylic acids is 2. The lowest BCUT2D eigenvalue weighted by Gasteiger charge is -2.20.